The van der Waals surface area contributed by atoms with E-state index in [1.54, 1.807) is 6.20 Å². The van der Waals surface area contributed by atoms with Crippen molar-refractivity contribution in [1.29, 1.82) is 0 Å². The molecule has 0 aliphatic carbocycles. The first-order chi connectivity index (χ1) is 7.25. The van der Waals surface area contributed by atoms with Crippen molar-refractivity contribution < 1.29 is 4.74 Å². The molecule has 1 unspecified atom stereocenters. The lowest BCUT2D eigenvalue weighted by Crippen LogP contribution is -2.28. The summed E-state index contributed by atoms with van der Waals surface area (Å²) in [6.07, 6.45) is 6.42. The van der Waals surface area contributed by atoms with E-state index < -0.39 is 0 Å². The standard InChI is InChI=1S/C11H15BrN2O/c1-14(8-11-3-2-4-15-11)10-5-9(12)6-13-7-10/h5-7,11H,2-4,8H2,1H3. The third-order valence-electron chi connectivity index (χ3n) is 2.63. The van der Waals surface area contributed by atoms with Crippen LogP contribution in [0.25, 0.3) is 0 Å². The van der Waals surface area contributed by atoms with Crippen LogP contribution in [-0.4, -0.2) is 31.3 Å². The molecule has 1 saturated heterocycles. The lowest BCUT2D eigenvalue weighted by atomic mass is 10.2. The van der Waals surface area contributed by atoms with Gasteiger partial charge in [-0.25, -0.2) is 0 Å². The Labute approximate surface area is 98.6 Å². The maximum Gasteiger partial charge on any atom is 0.0750 e. The average molecular weight is 271 g/mol. The molecule has 0 amide bonds. The number of ether oxygens (including phenoxy) is 1. The number of nitrogens with zero attached hydrogens (tertiary/aromatic N) is 2. The summed E-state index contributed by atoms with van der Waals surface area (Å²) in [5, 5.41) is 0. The molecule has 0 N–H and O–H groups in total. The van der Waals surface area contributed by atoms with Gasteiger partial charge < -0.3 is 9.64 Å². The molecule has 2 heterocycles. The van der Waals surface area contributed by atoms with E-state index in [2.05, 4.69) is 38.9 Å². The molecule has 0 spiro atoms. The van der Waals surface area contributed by atoms with Crippen LogP contribution in [-0.2, 0) is 4.74 Å². The summed E-state index contributed by atoms with van der Waals surface area (Å²) in [7, 11) is 2.07. The minimum atomic E-state index is 0.383. The maximum atomic E-state index is 5.60. The van der Waals surface area contributed by atoms with Gasteiger partial charge in [-0.1, -0.05) is 0 Å². The predicted octanol–water partition coefficient (Wildman–Crippen LogP) is 2.46. The second-order valence-electron chi connectivity index (χ2n) is 3.88. The Hall–Kier alpha value is -0.610. The van der Waals surface area contributed by atoms with Gasteiger partial charge >= 0.3 is 0 Å². The van der Waals surface area contributed by atoms with Gasteiger partial charge in [-0.15, -0.1) is 0 Å². The molecule has 0 saturated carbocycles. The molecule has 4 heteroatoms. The Balaban J connectivity index is 1.97. The molecule has 0 bridgehead atoms. The zero-order valence-corrected chi connectivity index (χ0v) is 10.4. The zero-order chi connectivity index (χ0) is 10.7. The highest BCUT2D eigenvalue weighted by molar-refractivity contribution is 9.10. The topological polar surface area (TPSA) is 25.4 Å². The average Bonchev–Trinajstić information content (AvgIpc) is 2.70. The molecule has 1 aromatic heterocycles. The molecule has 2 rings (SSSR count). The molecule has 0 aromatic carbocycles. The molecule has 15 heavy (non-hydrogen) atoms. The Bertz CT molecular complexity index is 326. The molecule has 1 fully saturated rings. The van der Waals surface area contributed by atoms with Crippen molar-refractivity contribution in [2.75, 3.05) is 25.1 Å². The summed E-state index contributed by atoms with van der Waals surface area (Å²) in [6.45, 7) is 1.85. The van der Waals surface area contributed by atoms with Crippen LogP contribution in [0.5, 0.6) is 0 Å². The Morgan fingerprint density at radius 3 is 3.13 bits per heavy atom. The lowest BCUT2D eigenvalue weighted by Gasteiger charge is -2.22. The third-order valence-corrected chi connectivity index (χ3v) is 3.07. The Kier molecular flexibility index (Phi) is 3.59. The van der Waals surface area contributed by atoms with Crippen LogP contribution < -0.4 is 4.90 Å². The number of aromatic nitrogens is 1. The number of anilines is 1. The summed E-state index contributed by atoms with van der Waals surface area (Å²) in [5.41, 5.74) is 1.12. The summed E-state index contributed by atoms with van der Waals surface area (Å²) in [4.78, 5) is 6.34. The summed E-state index contributed by atoms with van der Waals surface area (Å²) < 4.78 is 6.61. The second kappa shape index (κ2) is 4.94. The van der Waals surface area contributed by atoms with Crippen molar-refractivity contribution in [1.82, 2.24) is 4.98 Å². The SMILES string of the molecule is CN(CC1CCCO1)c1cncc(Br)c1. The van der Waals surface area contributed by atoms with Crippen LogP contribution in [0.15, 0.2) is 22.9 Å². The summed E-state index contributed by atoms with van der Waals surface area (Å²) >= 11 is 3.42. The maximum absolute atomic E-state index is 5.60. The molecule has 3 nitrogen and oxygen atoms in total. The van der Waals surface area contributed by atoms with E-state index >= 15 is 0 Å². The highest BCUT2D eigenvalue weighted by Crippen LogP contribution is 2.19. The van der Waals surface area contributed by atoms with Crippen molar-refractivity contribution >= 4 is 21.6 Å². The quantitative estimate of drug-likeness (QED) is 0.844. The Morgan fingerprint density at radius 1 is 1.60 bits per heavy atom. The van der Waals surface area contributed by atoms with Gasteiger partial charge in [0, 0.05) is 30.9 Å². The van der Waals surface area contributed by atoms with Crippen molar-refractivity contribution in [2.24, 2.45) is 0 Å². The number of hydrogen-bond acceptors (Lipinski definition) is 3. The number of likely N-dealkylation sites (N-methyl/N-ethyl adjacent to an activating group) is 1. The molecule has 1 aliphatic rings. The summed E-state index contributed by atoms with van der Waals surface area (Å²) in [5.74, 6) is 0. The van der Waals surface area contributed by atoms with Crippen LogP contribution in [0.1, 0.15) is 12.8 Å². The van der Waals surface area contributed by atoms with Crippen LogP contribution in [0.2, 0.25) is 0 Å². The van der Waals surface area contributed by atoms with Gasteiger partial charge in [0.25, 0.3) is 0 Å². The van der Waals surface area contributed by atoms with Crippen molar-refractivity contribution in [3.05, 3.63) is 22.9 Å². The zero-order valence-electron chi connectivity index (χ0n) is 8.82. The summed E-state index contributed by atoms with van der Waals surface area (Å²) in [6, 6.07) is 2.07. The first kappa shape index (κ1) is 10.9. The van der Waals surface area contributed by atoms with E-state index in [9.17, 15) is 0 Å². The van der Waals surface area contributed by atoms with Crippen LogP contribution in [0.3, 0.4) is 0 Å². The highest BCUT2D eigenvalue weighted by Gasteiger charge is 2.17. The number of halogens is 1. The van der Waals surface area contributed by atoms with E-state index in [4.69, 9.17) is 4.74 Å². The van der Waals surface area contributed by atoms with E-state index in [0.717, 1.165) is 23.3 Å². The van der Waals surface area contributed by atoms with Crippen LogP contribution in [0.4, 0.5) is 5.69 Å². The second-order valence-corrected chi connectivity index (χ2v) is 4.79. The van der Waals surface area contributed by atoms with Crippen LogP contribution in [0, 0.1) is 0 Å². The van der Waals surface area contributed by atoms with Crippen molar-refractivity contribution in [3.63, 3.8) is 0 Å². The lowest BCUT2D eigenvalue weighted by molar-refractivity contribution is 0.116. The van der Waals surface area contributed by atoms with Gasteiger partial charge in [0.05, 0.1) is 18.0 Å². The van der Waals surface area contributed by atoms with E-state index in [-0.39, 0.29) is 0 Å². The Morgan fingerprint density at radius 2 is 2.47 bits per heavy atom. The van der Waals surface area contributed by atoms with Gasteiger partial charge in [-0.2, -0.15) is 0 Å². The third kappa shape index (κ3) is 2.92. The molecule has 82 valence electrons. The predicted molar refractivity (Wildman–Crippen MR) is 64.2 cm³/mol. The van der Waals surface area contributed by atoms with Crippen molar-refractivity contribution in [2.45, 2.75) is 18.9 Å². The minimum Gasteiger partial charge on any atom is -0.376 e. The number of pyridine rings is 1. The first-order valence-electron chi connectivity index (χ1n) is 5.19. The molecular formula is C11H15BrN2O. The number of hydrogen-bond donors (Lipinski definition) is 0. The highest BCUT2D eigenvalue weighted by atomic mass is 79.9. The number of rotatable bonds is 3. The molecule has 0 radical (unpaired) electrons. The van der Waals surface area contributed by atoms with Gasteiger partial charge in [-0.05, 0) is 34.8 Å². The molecule has 1 aliphatic heterocycles. The largest absolute Gasteiger partial charge is 0.376 e. The van der Waals surface area contributed by atoms with E-state index in [1.165, 1.54) is 12.8 Å². The van der Waals surface area contributed by atoms with Gasteiger partial charge in [0.1, 0.15) is 0 Å². The van der Waals surface area contributed by atoms with Crippen LogP contribution >= 0.6 is 15.9 Å². The molecular weight excluding hydrogens is 256 g/mol. The van der Waals surface area contributed by atoms with Gasteiger partial charge in [0.15, 0.2) is 0 Å². The van der Waals surface area contributed by atoms with E-state index in [1.807, 2.05) is 6.20 Å². The first-order valence-corrected chi connectivity index (χ1v) is 5.98. The van der Waals surface area contributed by atoms with E-state index in [0.29, 0.717) is 6.10 Å². The monoisotopic (exact) mass is 270 g/mol. The molecule has 1 atom stereocenters. The van der Waals surface area contributed by atoms with Crippen molar-refractivity contribution in [3.8, 4) is 0 Å². The fourth-order valence-corrected chi connectivity index (χ4v) is 2.16. The molecule has 1 aromatic rings. The van der Waals surface area contributed by atoms with Gasteiger partial charge in [-0.3, -0.25) is 4.98 Å². The van der Waals surface area contributed by atoms with Gasteiger partial charge in [0.2, 0.25) is 0 Å². The minimum absolute atomic E-state index is 0.383. The fourth-order valence-electron chi connectivity index (χ4n) is 1.81. The fraction of sp³-hybridized carbons (Fsp3) is 0.545. The normalized spacial score (nSPS) is 20.5. The smallest absolute Gasteiger partial charge is 0.0750 e.